The Morgan fingerprint density at radius 1 is 1.23 bits per heavy atom. The number of carbonyl (C=O) groups excluding carboxylic acids is 1. The first-order valence-electron chi connectivity index (χ1n) is 8.89. The van der Waals surface area contributed by atoms with Crippen molar-refractivity contribution in [3.05, 3.63) is 30.3 Å². The van der Waals surface area contributed by atoms with E-state index in [1.54, 1.807) is 30.3 Å². The van der Waals surface area contributed by atoms with Gasteiger partial charge in [-0.25, -0.2) is 8.42 Å². The van der Waals surface area contributed by atoms with Gasteiger partial charge in [0.05, 0.1) is 10.9 Å². The second-order valence-corrected chi connectivity index (χ2v) is 9.08. The van der Waals surface area contributed by atoms with Crippen LogP contribution in [0.1, 0.15) is 33.1 Å². The predicted molar refractivity (Wildman–Crippen MR) is 106 cm³/mol. The smallest absolute Gasteiger partial charge is 0.243 e. The van der Waals surface area contributed by atoms with Gasteiger partial charge in [-0.05, 0) is 43.2 Å². The van der Waals surface area contributed by atoms with Crippen molar-refractivity contribution in [2.24, 2.45) is 17.6 Å². The molecule has 1 fully saturated rings. The number of amides is 1. The van der Waals surface area contributed by atoms with Crippen molar-refractivity contribution in [2.45, 2.75) is 44.0 Å². The number of sulfonamides is 1. The van der Waals surface area contributed by atoms with Crippen LogP contribution in [0.2, 0.25) is 0 Å². The number of nitrogens with one attached hydrogen (secondary N) is 1. The standard InChI is InChI=1S/C18H29N3O3S.ClH/c1-14(2)12-17(19)18(22)20-13-15-8-10-21(11-9-15)25(23,24)16-6-4-3-5-7-16;/h3-7,14-15,17H,8-13,19H2,1-2H3,(H,20,22);1H/t17-;/m0./s1. The van der Waals surface area contributed by atoms with Gasteiger partial charge in [0.2, 0.25) is 15.9 Å². The normalized spacial score (nSPS) is 17.5. The van der Waals surface area contributed by atoms with Crippen LogP contribution < -0.4 is 11.1 Å². The first kappa shape index (κ1) is 22.9. The fraction of sp³-hybridized carbons (Fsp3) is 0.611. The highest BCUT2D eigenvalue weighted by Gasteiger charge is 2.29. The first-order chi connectivity index (χ1) is 11.8. The molecule has 1 saturated heterocycles. The molecule has 0 radical (unpaired) electrons. The van der Waals surface area contributed by atoms with Crippen LogP contribution in [0, 0.1) is 11.8 Å². The van der Waals surface area contributed by atoms with Crippen LogP contribution in [0.4, 0.5) is 0 Å². The zero-order chi connectivity index (χ0) is 18.4. The third-order valence-electron chi connectivity index (χ3n) is 4.58. The predicted octanol–water partition coefficient (Wildman–Crippen LogP) is 2.00. The maximum absolute atomic E-state index is 12.6. The van der Waals surface area contributed by atoms with Crippen molar-refractivity contribution in [2.75, 3.05) is 19.6 Å². The molecule has 1 heterocycles. The monoisotopic (exact) mass is 403 g/mol. The Morgan fingerprint density at radius 3 is 2.35 bits per heavy atom. The summed E-state index contributed by atoms with van der Waals surface area (Å²) in [5.74, 6) is 0.553. The van der Waals surface area contributed by atoms with Gasteiger partial charge in [-0.15, -0.1) is 12.4 Å². The molecule has 0 bridgehead atoms. The number of halogens is 1. The Labute approximate surface area is 163 Å². The van der Waals surface area contributed by atoms with E-state index in [4.69, 9.17) is 5.73 Å². The third-order valence-corrected chi connectivity index (χ3v) is 6.49. The number of benzene rings is 1. The summed E-state index contributed by atoms with van der Waals surface area (Å²) < 4.78 is 26.7. The molecule has 6 nitrogen and oxygen atoms in total. The van der Waals surface area contributed by atoms with Crippen LogP contribution in [0.15, 0.2) is 35.2 Å². The van der Waals surface area contributed by atoms with Crippen molar-refractivity contribution in [1.29, 1.82) is 0 Å². The van der Waals surface area contributed by atoms with Gasteiger partial charge in [0.1, 0.15) is 0 Å². The SMILES string of the molecule is CC(C)C[C@H](N)C(=O)NCC1CCN(S(=O)(=O)c2ccccc2)CC1.Cl. The van der Waals surface area contributed by atoms with Gasteiger partial charge in [-0.3, -0.25) is 4.79 Å². The van der Waals surface area contributed by atoms with E-state index in [1.807, 2.05) is 13.8 Å². The molecule has 1 aromatic carbocycles. The number of carbonyl (C=O) groups is 1. The molecule has 2 rings (SSSR count). The molecule has 26 heavy (non-hydrogen) atoms. The Morgan fingerprint density at radius 2 is 1.81 bits per heavy atom. The van der Waals surface area contributed by atoms with E-state index < -0.39 is 16.1 Å². The number of rotatable bonds is 7. The molecule has 1 aliphatic rings. The van der Waals surface area contributed by atoms with Crippen LogP contribution >= 0.6 is 12.4 Å². The largest absolute Gasteiger partial charge is 0.354 e. The molecule has 3 N–H and O–H groups in total. The highest BCUT2D eigenvalue weighted by molar-refractivity contribution is 7.89. The van der Waals surface area contributed by atoms with E-state index in [-0.39, 0.29) is 24.2 Å². The third kappa shape index (κ3) is 6.23. The zero-order valence-electron chi connectivity index (χ0n) is 15.4. The minimum absolute atomic E-state index is 0. The molecule has 1 atom stereocenters. The molecular formula is C18H30ClN3O3S. The average molecular weight is 404 g/mol. The lowest BCUT2D eigenvalue weighted by Crippen LogP contribution is -2.45. The second-order valence-electron chi connectivity index (χ2n) is 7.14. The van der Waals surface area contributed by atoms with E-state index in [0.29, 0.717) is 36.9 Å². The van der Waals surface area contributed by atoms with Crippen molar-refractivity contribution in [3.8, 4) is 0 Å². The Balaban J connectivity index is 0.00000338. The lowest BCUT2D eigenvalue weighted by Gasteiger charge is -2.31. The molecule has 1 aromatic rings. The highest BCUT2D eigenvalue weighted by Crippen LogP contribution is 2.23. The van der Waals surface area contributed by atoms with Crippen LogP contribution in [-0.2, 0) is 14.8 Å². The maximum Gasteiger partial charge on any atom is 0.243 e. The number of nitrogens with zero attached hydrogens (tertiary/aromatic N) is 1. The van der Waals surface area contributed by atoms with E-state index in [0.717, 1.165) is 12.8 Å². The number of piperidine rings is 1. The molecule has 0 saturated carbocycles. The van der Waals surface area contributed by atoms with Gasteiger partial charge in [-0.1, -0.05) is 32.0 Å². The quantitative estimate of drug-likeness (QED) is 0.728. The topological polar surface area (TPSA) is 92.5 Å². The fourth-order valence-corrected chi connectivity index (χ4v) is 4.58. The Kier molecular flexibility index (Phi) is 9.03. The van der Waals surface area contributed by atoms with Gasteiger partial charge < -0.3 is 11.1 Å². The molecule has 8 heteroatoms. The summed E-state index contributed by atoms with van der Waals surface area (Å²) in [6.45, 7) is 5.60. The fourth-order valence-electron chi connectivity index (χ4n) is 3.09. The van der Waals surface area contributed by atoms with Crippen LogP contribution in [0.25, 0.3) is 0 Å². The molecule has 0 unspecified atom stereocenters. The minimum Gasteiger partial charge on any atom is -0.354 e. The van der Waals surface area contributed by atoms with Gasteiger partial charge in [-0.2, -0.15) is 4.31 Å². The summed E-state index contributed by atoms with van der Waals surface area (Å²) >= 11 is 0. The minimum atomic E-state index is -3.42. The molecule has 0 aromatic heterocycles. The zero-order valence-corrected chi connectivity index (χ0v) is 17.1. The van der Waals surface area contributed by atoms with Crippen LogP contribution in [-0.4, -0.2) is 44.3 Å². The highest BCUT2D eigenvalue weighted by atomic mass is 35.5. The molecule has 1 amide bonds. The Hall–Kier alpha value is -1.15. The maximum atomic E-state index is 12.6. The summed E-state index contributed by atoms with van der Waals surface area (Å²) in [6, 6.07) is 8.04. The lowest BCUT2D eigenvalue weighted by atomic mass is 9.97. The summed E-state index contributed by atoms with van der Waals surface area (Å²) in [6.07, 6.45) is 2.15. The van der Waals surface area contributed by atoms with Gasteiger partial charge in [0.15, 0.2) is 0 Å². The molecule has 148 valence electrons. The number of hydrogen-bond donors (Lipinski definition) is 2. The number of hydrogen-bond acceptors (Lipinski definition) is 4. The van der Waals surface area contributed by atoms with Crippen molar-refractivity contribution >= 4 is 28.3 Å². The van der Waals surface area contributed by atoms with Crippen molar-refractivity contribution in [1.82, 2.24) is 9.62 Å². The van der Waals surface area contributed by atoms with Crippen LogP contribution in [0.5, 0.6) is 0 Å². The Bertz CT molecular complexity index is 660. The van der Waals surface area contributed by atoms with Gasteiger partial charge in [0.25, 0.3) is 0 Å². The second kappa shape index (κ2) is 10.3. The molecular weight excluding hydrogens is 374 g/mol. The molecule has 1 aliphatic heterocycles. The van der Waals surface area contributed by atoms with Crippen molar-refractivity contribution < 1.29 is 13.2 Å². The van der Waals surface area contributed by atoms with Gasteiger partial charge in [0, 0.05) is 19.6 Å². The van der Waals surface area contributed by atoms with E-state index in [1.165, 1.54) is 4.31 Å². The lowest BCUT2D eigenvalue weighted by molar-refractivity contribution is -0.122. The van der Waals surface area contributed by atoms with E-state index in [2.05, 4.69) is 5.32 Å². The first-order valence-corrected chi connectivity index (χ1v) is 10.3. The summed E-state index contributed by atoms with van der Waals surface area (Å²) in [5.41, 5.74) is 5.88. The molecule has 0 aliphatic carbocycles. The van der Waals surface area contributed by atoms with Crippen LogP contribution in [0.3, 0.4) is 0 Å². The summed E-state index contributed by atoms with van der Waals surface area (Å²) in [7, 11) is -3.42. The van der Waals surface area contributed by atoms with E-state index in [9.17, 15) is 13.2 Å². The van der Waals surface area contributed by atoms with Crippen molar-refractivity contribution in [3.63, 3.8) is 0 Å². The number of nitrogens with two attached hydrogens (primary N) is 1. The van der Waals surface area contributed by atoms with E-state index >= 15 is 0 Å². The summed E-state index contributed by atoms with van der Waals surface area (Å²) in [5, 5.41) is 2.91. The summed E-state index contributed by atoms with van der Waals surface area (Å²) in [4.78, 5) is 12.3. The van der Waals surface area contributed by atoms with Gasteiger partial charge >= 0.3 is 0 Å². The molecule has 0 spiro atoms. The average Bonchev–Trinajstić information content (AvgIpc) is 2.60.